The molecule has 2 N–H and O–H groups in total. The van der Waals surface area contributed by atoms with E-state index in [4.69, 9.17) is 14.0 Å². The third kappa shape index (κ3) is 2.81. The summed E-state index contributed by atoms with van der Waals surface area (Å²) in [7, 11) is 0. The zero-order valence-electron chi connectivity index (χ0n) is 18.7. The van der Waals surface area contributed by atoms with Gasteiger partial charge in [0.2, 0.25) is 17.4 Å². The lowest BCUT2D eigenvalue weighted by molar-refractivity contribution is -0.153. The van der Waals surface area contributed by atoms with Gasteiger partial charge in [0, 0.05) is 26.1 Å². The maximum absolute atomic E-state index is 16.1. The smallest absolute Gasteiger partial charge is 0.328 e. The van der Waals surface area contributed by atoms with Gasteiger partial charge in [0.1, 0.15) is 0 Å². The van der Waals surface area contributed by atoms with Crippen LogP contribution in [0.3, 0.4) is 0 Å². The number of carbonyl (C=O) groups is 3. The molecule has 0 bridgehead atoms. The average Bonchev–Trinajstić information content (AvgIpc) is 3.21. The number of nitrogens with one attached hydrogen (secondary N) is 2. The van der Waals surface area contributed by atoms with Gasteiger partial charge < -0.3 is 23.8 Å². The number of nitrogens with zero attached hydrogens (tertiary/aromatic N) is 3. The molecule has 1 aromatic heterocycles. The third-order valence-electron chi connectivity index (χ3n) is 7.26. The molecular formula is C22H24FN5O6. The minimum atomic E-state index is -1.67. The second-order valence-electron chi connectivity index (χ2n) is 9.32. The number of barbiturate groups is 1. The van der Waals surface area contributed by atoms with Gasteiger partial charge in [-0.2, -0.15) is 0 Å². The first kappa shape index (κ1) is 21.3. The number of hydrogen-bond acceptors (Lipinski definition) is 9. The number of anilines is 2. The van der Waals surface area contributed by atoms with Gasteiger partial charge in [-0.25, -0.2) is 9.18 Å². The van der Waals surface area contributed by atoms with Crippen LogP contribution in [0.25, 0.3) is 11.0 Å². The number of hydrogen-bond donors (Lipinski definition) is 2. The Hall–Kier alpha value is -3.25. The quantitative estimate of drug-likeness (QED) is 0.576. The number of ether oxygens (including phenoxy) is 2. The van der Waals surface area contributed by atoms with E-state index in [-0.39, 0.29) is 30.3 Å². The highest BCUT2D eigenvalue weighted by Gasteiger charge is 2.63. The average molecular weight is 473 g/mol. The van der Waals surface area contributed by atoms with E-state index in [1.165, 1.54) is 0 Å². The van der Waals surface area contributed by atoms with Crippen LogP contribution in [0.1, 0.15) is 19.4 Å². The van der Waals surface area contributed by atoms with Crippen molar-refractivity contribution in [2.45, 2.75) is 38.5 Å². The Bertz CT molecular complexity index is 1200. The molecule has 11 nitrogen and oxygen atoms in total. The number of carbonyl (C=O) groups excluding carboxylic acids is 3. The number of benzene rings is 1. The highest BCUT2D eigenvalue weighted by atomic mass is 19.1. The molecule has 0 aliphatic carbocycles. The Morgan fingerprint density at radius 2 is 1.85 bits per heavy atom. The highest BCUT2D eigenvalue weighted by Crippen LogP contribution is 2.49. The Morgan fingerprint density at radius 1 is 1.15 bits per heavy atom. The van der Waals surface area contributed by atoms with Gasteiger partial charge in [-0.3, -0.25) is 20.2 Å². The molecule has 12 heteroatoms. The monoisotopic (exact) mass is 473 g/mol. The molecule has 3 saturated heterocycles. The second-order valence-corrected chi connectivity index (χ2v) is 9.32. The van der Waals surface area contributed by atoms with Crippen molar-refractivity contribution in [1.82, 2.24) is 15.8 Å². The van der Waals surface area contributed by atoms with Crippen LogP contribution < -0.4 is 20.4 Å². The Kier molecular flexibility index (Phi) is 4.62. The number of morpholine rings is 2. The molecule has 0 unspecified atom stereocenters. The third-order valence-corrected chi connectivity index (χ3v) is 7.26. The molecule has 3 fully saturated rings. The first-order chi connectivity index (χ1) is 16.3. The maximum atomic E-state index is 16.1. The topological polar surface area (TPSA) is 126 Å². The molecule has 0 saturated carbocycles. The van der Waals surface area contributed by atoms with Crippen molar-refractivity contribution in [1.29, 1.82) is 0 Å². The van der Waals surface area contributed by atoms with Crippen molar-refractivity contribution in [2.75, 3.05) is 42.6 Å². The summed E-state index contributed by atoms with van der Waals surface area (Å²) in [5, 5.41) is 9.08. The van der Waals surface area contributed by atoms with Gasteiger partial charge in [-0.15, -0.1) is 0 Å². The molecule has 5 heterocycles. The maximum Gasteiger partial charge on any atom is 0.328 e. The molecule has 0 radical (unpaired) electrons. The molecule has 1 aromatic carbocycles. The van der Waals surface area contributed by atoms with Gasteiger partial charge in [-0.05, 0) is 25.5 Å². The molecule has 34 heavy (non-hydrogen) atoms. The zero-order chi connectivity index (χ0) is 23.8. The van der Waals surface area contributed by atoms with Gasteiger partial charge in [0.25, 0.3) is 0 Å². The zero-order valence-corrected chi connectivity index (χ0v) is 18.7. The van der Waals surface area contributed by atoms with E-state index in [1.54, 1.807) is 17.9 Å². The Morgan fingerprint density at radius 3 is 2.56 bits per heavy atom. The van der Waals surface area contributed by atoms with Gasteiger partial charge >= 0.3 is 6.03 Å². The van der Waals surface area contributed by atoms with Crippen LogP contribution in [-0.2, 0) is 25.5 Å². The van der Waals surface area contributed by atoms with Crippen LogP contribution in [0.15, 0.2) is 10.6 Å². The Balaban J connectivity index is 1.56. The summed E-state index contributed by atoms with van der Waals surface area (Å²) in [6, 6.07) is 0.0540. The molecular weight excluding hydrogens is 449 g/mol. The standard InChI is InChI=1S/C22H24FN5O6/c1-10-9-28-15-12(7-13-16(14(15)23)34-26-18(13)27-3-5-32-6-4-27)8-22(17(28)11(2)33-10)19(29)24-21(31)25-20(22)30/h7,10-11,17H,3-6,8-9H2,1-2H3,(H2,24,25,29,30,31)/t10-,11+,17-/m1/s1. The highest BCUT2D eigenvalue weighted by molar-refractivity contribution is 6.20. The SMILES string of the molecule is C[C@@H]1CN2c3c(cc4c(N5CCOCC5)noc4c3F)CC3(C(=O)NC(=O)NC3=O)[C@H]2[C@H](C)O1. The minimum Gasteiger partial charge on any atom is -0.378 e. The van der Waals surface area contributed by atoms with E-state index < -0.39 is 41.2 Å². The normalized spacial score (nSPS) is 28.6. The van der Waals surface area contributed by atoms with Crippen molar-refractivity contribution in [3.63, 3.8) is 0 Å². The van der Waals surface area contributed by atoms with Crippen molar-refractivity contribution in [3.05, 3.63) is 17.4 Å². The number of aromatic nitrogens is 1. The molecule has 2 aromatic rings. The predicted octanol–water partition coefficient (Wildman–Crippen LogP) is 0.694. The molecule has 6 rings (SSSR count). The van der Waals surface area contributed by atoms with E-state index in [9.17, 15) is 14.4 Å². The lowest BCUT2D eigenvalue weighted by atomic mass is 9.66. The first-order valence-electron chi connectivity index (χ1n) is 11.3. The van der Waals surface area contributed by atoms with Crippen molar-refractivity contribution in [3.8, 4) is 0 Å². The molecule has 4 aliphatic rings. The summed E-state index contributed by atoms with van der Waals surface area (Å²) >= 11 is 0. The number of rotatable bonds is 1. The van der Waals surface area contributed by atoms with E-state index in [0.29, 0.717) is 43.1 Å². The fourth-order valence-corrected chi connectivity index (χ4v) is 5.94. The fourth-order valence-electron chi connectivity index (χ4n) is 5.94. The molecule has 4 amide bonds. The molecule has 3 atom stereocenters. The van der Waals surface area contributed by atoms with E-state index in [2.05, 4.69) is 15.8 Å². The van der Waals surface area contributed by atoms with Crippen molar-refractivity contribution in [2.24, 2.45) is 5.41 Å². The summed E-state index contributed by atoms with van der Waals surface area (Å²) in [5.74, 6) is -1.53. The van der Waals surface area contributed by atoms with Crippen LogP contribution in [-0.4, -0.2) is 74.1 Å². The van der Waals surface area contributed by atoms with Gasteiger partial charge in [-0.1, -0.05) is 5.16 Å². The van der Waals surface area contributed by atoms with Crippen molar-refractivity contribution < 1.29 is 32.8 Å². The molecule has 1 spiro atoms. The van der Waals surface area contributed by atoms with Gasteiger partial charge in [0.05, 0.1) is 42.5 Å². The number of fused-ring (bicyclic) bond motifs is 5. The Labute approximate surface area is 193 Å². The van der Waals surface area contributed by atoms with Crippen LogP contribution in [0.2, 0.25) is 0 Å². The number of amides is 4. The van der Waals surface area contributed by atoms with Crippen LogP contribution >= 0.6 is 0 Å². The predicted molar refractivity (Wildman–Crippen MR) is 116 cm³/mol. The molecule has 180 valence electrons. The van der Waals surface area contributed by atoms with Crippen molar-refractivity contribution >= 4 is 40.3 Å². The summed E-state index contributed by atoms with van der Waals surface area (Å²) < 4.78 is 32.9. The van der Waals surface area contributed by atoms with E-state index in [1.807, 2.05) is 11.8 Å². The van der Waals surface area contributed by atoms with Gasteiger partial charge in [0.15, 0.2) is 17.1 Å². The van der Waals surface area contributed by atoms with Crippen LogP contribution in [0, 0.1) is 11.2 Å². The number of halogens is 1. The van der Waals surface area contributed by atoms with Crippen LogP contribution in [0.5, 0.6) is 0 Å². The van der Waals surface area contributed by atoms with Crippen LogP contribution in [0.4, 0.5) is 20.7 Å². The summed E-state index contributed by atoms with van der Waals surface area (Å²) in [6.07, 6.45) is -0.966. The lowest BCUT2D eigenvalue weighted by Gasteiger charge is -2.55. The van der Waals surface area contributed by atoms with E-state index in [0.717, 1.165) is 0 Å². The number of urea groups is 1. The fraction of sp³-hybridized carbons (Fsp3) is 0.545. The largest absolute Gasteiger partial charge is 0.378 e. The minimum absolute atomic E-state index is 0.0227. The second kappa shape index (κ2) is 7.37. The first-order valence-corrected chi connectivity index (χ1v) is 11.3. The van der Waals surface area contributed by atoms with E-state index >= 15 is 4.39 Å². The number of imide groups is 2. The lowest BCUT2D eigenvalue weighted by Crippen LogP contribution is -2.75. The molecule has 4 aliphatic heterocycles. The summed E-state index contributed by atoms with van der Waals surface area (Å²) in [6.45, 7) is 6.05. The summed E-state index contributed by atoms with van der Waals surface area (Å²) in [4.78, 5) is 42.1. The summed E-state index contributed by atoms with van der Waals surface area (Å²) in [5.41, 5.74) is -0.904.